The second-order valence-electron chi connectivity index (χ2n) is 11.4. The van der Waals surface area contributed by atoms with E-state index in [9.17, 15) is 0 Å². The summed E-state index contributed by atoms with van der Waals surface area (Å²) in [7, 11) is 4.32. The summed E-state index contributed by atoms with van der Waals surface area (Å²) in [6.07, 6.45) is 29.5. The topological polar surface area (TPSA) is 21.1 Å². The van der Waals surface area contributed by atoms with Gasteiger partial charge in [0.25, 0.3) is 0 Å². The average Bonchev–Trinajstić information content (AvgIpc) is 3.22. The minimum absolute atomic E-state index is 0. The Hall–Kier alpha value is -1.06. The summed E-state index contributed by atoms with van der Waals surface area (Å²) in [5.74, 6) is 1.29. The number of nitrogens with zero attached hydrogens (tertiary/aromatic N) is 3. The fraction of sp³-hybridized carbons (Fsp3) is 0.788. The summed E-state index contributed by atoms with van der Waals surface area (Å²) in [6.45, 7) is 4.51. The Morgan fingerprint density at radius 3 is 1.57 bits per heavy atom. The summed E-state index contributed by atoms with van der Waals surface area (Å²) in [5, 5.41) is 0. The molecule has 214 valence electrons. The number of imidazole rings is 1. The second kappa shape index (κ2) is 22.9. The molecule has 0 aliphatic carbocycles. The Kier molecular flexibility index (Phi) is 21.0. The maximum Gasteiger partial charge on any atom is 0.109 e. The van der Waals surface area contributed by atoms with Gasteiger partial charge in [-0.25, -0.2) is 4.98 Å². The summed E-state index contributed by atoms with van der Waals surface area (Å²) in [4.78, 5) is 7.25. The van der Waals surface area contributed by atoms with Crippen LogP contribution in [0.25, 0.3) is 11.0 Å². The molecule has 37 heavy (non-hydrogen) atoms. The number of unbranched alkanes of at least 4 members (excludes halogenated alkanes) is 18. The van der Waals surface area contributed by atoms with Crippen molar-refractivity contribution in [1.82, 2.24) is 14.5 Å². The molecule has 0 unspecified atom stereocenters. The number of para-hydroxylation sites is 2. The van der Waals surface area contributed by atoms with Gasteiger partial charge in [0, 0.05) is 13.0 Å². The van der Waals surface area contributed by atoms with E-state index in [1.165, 1.54) is 140 Å². The van der Waals surface area contributed by atoms with Crippen LogP contribution in [0.5, 0.6) is 0 Å². The van der Waals surface area contributed by atoms with Crippen LogP contribution < -0.4 is 0 Å². The van der Waals surface area contributed by atoms with E-state index >= 15 is 0 Å². The lowest BCUT2D eigenvalue weighted by Gasteiger charge is -2.12. The van der Waals surface area contributed by atoms with Gasteiger partial charge >= 0.3 is 0 Å². The Morgan fingerprint density at radius 1 is 0.622 bits per heavy atom. The van der Waals surface area contributed by atoms with Crippen LogP contribution in [0.4, 0.5) is 0 Å². The second-order valence-corrected chi connectivity index (χ2v) is 11.4. The first-order chi connectivity index (χ1) is 17.7. The van der Waals surface area contributed by atoms with Gasteiger partial charge in [0.15, 0.2) is 0 Å². The minimum atomic E-state index is 0. The Morgan fingerprint density at radius 2 is 1.08 bits per heavy atom. The predicted molar refractivity (Wildman–Crippen MR) is 167 cm³/mol. The van der Waals surface area contributed by atoms with Gasteiger partial charge in [0.2, 0.25) is 0 Å². The lowest BCUT2D eigenvalue weighted by atomic mass is 10.0. The zero-order valence-electron chi connectivity index (χ0n) is 24.8. The van der Waals surface area contributed by atoms with Gasteiger partial charge < -0.3 is 9.47 Å². The third-order valence-corrected chi connectivity index (χ3v) is 7.72. The normalized spacial score (nSPS) is 11.5. The molecule has 2 rings (SSSR count). The molecule has 0 saturated heterocycles. The smallest absolute Gasteiger partial charge is 0.109 e. The Bertz CT molecular complexity index is 770. The maximum absolute atomic E-state index is 4.98. The molecule has 1 aromatic heterocycles. The molecule has 4 heteroatoms. The van der Waals surface area contributed by atoms with Crippen LogP contribution in [-0.2, 0) is 13.0 Å². The molecule has 0 aliphatic heterocycles. The largest absolute Gasteiger partial charge is 0.328 e. The summed E-state index contributed by atoms with van der Waals surface area (Å²) >= 11 is 0. The van der Waals surface area contributed by atoms with Gasteiger partial charge in [-0.1, -0.05) is 135 Å². The third kappa shape index (κ3) is 15.8. The monoisotopic (exact) mass is 533 g/mol. The van der Waals surface area contributed by atoms with Crippen LogP contribution in [0.2, 0.25) is 0 Å². The zero-order valence-corrected chi connectivity index (χ0v) is 25.6. The lowest BCUT2D eigenvalue weighted by Crippen LogP contribution is -2.16. The van der Waals surface area contributed by atoms with E-state index in [0.29, 0.717) is 0 Å². The number of rotatable bonds is 24. The summed E-state index contributed by atoms with van der Waals surface area (Å²) < 4.78 is 2.48. The molecule has 0 atom stereocenters. The van der Waals surface area contributed by atoms with Crippen LogP contribution >= 0.6 is 12.4 Å². The first-order valence-electron chi connectivity index (χ1n) is 15.8. The molecule has 0 amide bonds. The summed E-state index contributed by atoms with van der Waals surface area (Å²) in [6, 6.07) is 8.66. The maximum atomic E-state index is 4.98. The van der Waals surface area contributed by atoms with Crippen molar-refractivity contribution in [3.8, 4) is 0 Å². The molecule has 0 spiro atoms. The van der Waals surface area contributed by atoms with Crippen LogP contribution in [0.3, 0.4) is 0 Å². The van der Waals surface area contributed by atoms with Gasteiger partial charge in [-0.15, -0.1) is 12.4 Å². The Labute approximate surface area is 236 Å². The molecule has 2 aromatic rings. The highest BCUT2D eigenvalue weighted by molar-refractivity contribution is 5.85. The van der Waals surface area contributed by atoms with Gasteiger partial charge in [0.05, 0.1) is 11.0 Å². The quantitative estimate of drug-likeness (QED) is 0.125. The molecule has 0 N–H and O–H groups in total. The molecular formula is C33H60ClN3. The van der Waals surface area contributed by atoms with Gasteiger partial charge in [-0.3, -0.25) is 0 Å². The SMILES string of the molecule is CCCCCCCCCCCCCCCCCCCCCc1nc2ccccc2n1CCCN(C)C.Cl. The number of fused-ring (bicyclic) bond motifs is 1. The van der Waals surface area contributed by atoms with Crippen molar-refractivity contribution >= 4 is 23.4 Å². The van der Waals surface area contributed by atoms with Gasteiger partial charge in [0.1, 0.15) is 5.82 Å². The fourth-order valence-corrected chi connectivity index (χ4v) is 5.47. The molecule has 0 bridgehead atoms. The van der Waals surface area contributed by atoms with Crippen molar-refractivity contribution in [3.05, 3.63) is 30.1 Å². The zero-order chi connectivity index (χ0) is 25.7. The van der Waals surface area contributed by atoms with E-state index in [4.69, 9.17) is 4.98 Å². The summed E-state index contributed by atoms with van der Waals surface area (Å²) in [5.41, 5.74) is 2.47. The van der Waals surface area contributed by atoms with E-state index in [2.05, 4.69) is 54.8 Å². The van der Waals surface area contributed by atoms with Gasteiger partial charge in [-0.05, 0) is 45.6 Å². The lowest BCUT2D eigenvalue weighted by molar-refractivity contribution is 0.386. The number of hydrogen-bond donors (Lipinski definition) is 0. The highest BCUT2D eigenvalue weighted by Gasteiger charge is 2.10. The van der Waals surface area contributed by atoms with Gasteiger partial charge in [-0.2, -0.15) is 0 Å². The van der Waals surface area contributed by atoms with Crippen LogP contribution in [-0.4, -0.2) is 35.1 Å². The van der Waals surface area contributed by atoms with Crippen molar-refractivity contribution < 1.29 is 0 Å². The highest BCUT2D eigenvalue weighted by Crippen LogP contribution is 2.19. The molecule has 0 saturated carbocycles. The van der Waals surface area contributed by atoms with Crippen LogP contribution in [0.15, 0.2) is 24.3 Å². The van der Waals surface area contributed by atoms with Crippen molar-refractivity contribution in [1.29, 1.82) is 0 Å². The number of aromatic nitrogens is 2. The van der Waals surface area contributed by atoms with Crippen molar-refractivity contribution in [2.45, 2.75) is 148 Å². The molecule has 0 radical (unpaired) electrons. The molecular weight excluding hydrogens is 474 g/mol. The number of hydrogen-bond acceptors (Lipinski definition) is 2. The fourth-order valence-electron chi connectivity index (χ4n) is 5.47. The van der Waals surface area contributed by atoms with Crippen LogP contribution in [0, 0.1) is 0 Å². The van der Waals surface area contributed by atoms with E-state index in [0.717, 1.165) is 25.0 Å². The standard InChI is InChI=1S/C33H59N3.ClH/c1-4-5-6-7-8-9-10-11-12-13-14-15-16-17-18-19-20-21-22-28-33-34-31-26-23-24-27-32(31)36(33)30-25-29-35(2)3;/h23-24,26-27H,4-22,25,28-30H2,1-3H3;1H. The first kappa shape index (κ1) is 34.0. The minimum Gasteiger partial charge on any atom is -0.328 e. The third-order valence-electron chi connectivity index (χ3n) is 7.72. The number of halogens is 1. The van der Waals surface area contributed by atoms with Crippen molar-refractivity contribution in [2.75, 3.05) is 20.6 Å². The highest BCUT2D eigenvalue weighted by atomic mass is 35.5. The predicted octanol–water partition coefficient (Wildman–Crippen LogP) is 10.4. The van der Waals surface area contributed by atoms with Crippen molar-refractivity contribution in [2.24, 2.45) is 0 Å². The molecule has 0 fully saturated rings. The molecule has 1 aromatic carbocycles. The average molecular weight is 534 g/mol. The molecule has 3 nitrogen and oxygen atoms in total. The van der Waals surface area contributed by atoms with E-state index in [-0.39, 0.29) is 12.4 Å². The van der Waals surface area contributed by atoms with E-state index in [1.54, 1.807) is 0 Å². The van der Waals surface area contributed by atoms with Crippen molar-refractivity contribution in [3.63, 3.8) is 0 Å². The molecule has 1 heterocycles. The Balaban J connectivity index is 0.00000684. The number of aryl methyl sites for hydroxylation is 2. The van der Waals surface area contributed by atoms with Crippen LogP contribution in [0.1, 0.15) is 141 Å². The molecule has 0 aliphatic rings. The number of benzene rings is 1. The van der Waals surface area contributed by atoms with E-state index < -0.39 is 0 Å². The first-order valence-corrected chi connectivity index (χ1v) is 15.8. The van der Waals surface area contributed by atoms with E-state index in [1.807, 2.05) is 0 Å².